The zero-order valence-electron chi connectivity index (χ0n) is 13.1. The van der Waals surface area contributed by atoms with E-state index in [0.29, 0.717) is 33.3 Å². The van der Waals surface area contributed by atoms with Crippen LogP contribution in [0.25, 0.3) is 11.3 Å². The van der Waals surface area contributed by atoms with Crippen molar-refractivity contribution in [2.75, 3.05) is 5.32 Å². The lowest BCUT2D eigenvalue weighted by Crippen LogP contribution is -2.13. The number of rotatable bonds is 3. The molecule has 0 radical (unpaired) electrons. The number of amides is 1. The van der Waals surface area contributed by atoms with Crippen molar-refractivity contribution in [1.29, 1.82) is 0 Å². The number of aromatic nitrogens is 1. The second kappa shape index (κ2) is 6.45. The van der Waals surface area contributed by atoms with Gasteiger partial charge in [0.05, 0.1) is 5.02 Å². The number of carbonyl (C=O) groups excluding carboxylic acids is 1. The van der Waals surface area contributed by atoms with Gasteiger partial charge in [-0.3, -0.25) is 4.79 Å². The molecule has 122 valence electrons. The van der Waals surface area contributed by atoms with Gasteiger partial charge in [-0.05, 0) is 37.6 Å². The van der Waals surface area contributed by atoms with Crippen molar-refractivity contribution in [3.8, 4) is 11.3 Å². The molecule has 0 saturated carbocycles. The van der Waals surface area contributed by atoms with Crippen molar-refractivity contribution in [2.45, 2.75) is 13.8 Å². The number of nitrogens with one attached hydrogen (secondary N) is 1. The van der Waals surface area contributed by atoms with Crippen molar-refractivity contribution >= 4 is 23.2 Å². The van der Waals surface area contributed by atoms with Crippen LogP contribution >= 0.6 is 11.6 Å². The lowest BCUT2D eigenvalue weighted by molar-refractivity contribution is 0.102. The first kappa shape index (κ1) is 16.2. The van der Waals surface area contributed by atoms with Crippen LogP contribution in [-0.2, 0) is 0 Å². The lowest BCUT2D eigenvalue weighted by Gasteiger charge is -2.07. The Morgan fingerprint density at radius 1 is 1.21 bits per heavy atom. The second-order valence-electron chi connectivity index (χ2n) is 5.36. The van der Waals surface area contributed by atoms with Gasteiger partial charge in [0.25, 0.3) is 5.91 Å². The van der Waals surface area contributed by atoms with Crippen molar-refractivity contribution in [1.82, 2.24) is 5.16 Å². The molecule has 0 aliphatic rings. The zero-order valence-corrected chi connectivity index (χ0v) is 13.8. The minimum Gasteiger partial charge on any atom is -0.360 e. The summed E-state index contributed by atoms with van der Waals surface area (Å²) in [5, 5.41) is 7.07. The first-order valence-corrected chi connectivity index (χ1v) is 7.64. The van der Waals surface area contributed by atoms with Crippen LogP contribution in [0.5, 0.6) is 0 Å². The van der Waals surface area contributed by atoms with Gasteiger partial charge in [-0.15, -0.1) is 0 Å². The standard InChI is InChI=1S/C18H14ClFN2O2/c1-10-7-8-12(9-15(10)20)21-18(23)16-11(2)24-22-17(16)13-5-3-4-6-14(13)19/h3-9H,1-2H3,(H,21,23). The lowest BCUT2D eigenvalue weighted by atomic mass is 10.1. The van der Waals surface area contributed by atoms with Crippen LogP contribution in [0, 0.1) is 19.7 Å². The molecule has 1 amide bonds. The third-order valence-corrected chi connectivity index (χ3v) is 3.98. The number of benzene rings is 2. The zero-order chi connectivity index (χ0) is 17.3. The maximum absolute atomic E-state index is 13.6. The van der Waals surface area contributed by atoms with E-state index >= 15 is 0 Å². The van der Waals surface area contributed by atoms with E-state index in [1.54, 1.807) is 50.2 Å². The fourth-order valence-electron chi connectivity index (χ4n) is 2.34. The summed E-state index contributed by atoms with van der Waals surface area (Å²) in [6.45, 7) is 3.29. The molecule has 6 heteroatoms. The van der Waals surface area contributed by atoms with Gasteiger partial charge in [0, 0.05) is 11.3 Å². The van der Waals surface area contributed by atoms with E-state index in [2.05, 4.69) is 10.5 Å². The molecule has 0 unspecified atom stereocenters. The van der Waals surface area contributed by atoms with E-state index in [4.69, 9.17) is 16.1 Å². The van der Waals surface area contributed by atoms with Crippen molar-refractivity contribution in [2.24, 2.45) is 0 Å². The van der Waals surface area contributed by atoms with Crippen LogP contribution in [0.3, 0.4) is 0 Å². The molecule has 1 aromatic heterocycles. The molecule has 4 nitrogen and oxygen atoms in total. The van der Waals surface area contributed by atoms with Gasteiger partial charge < -0.3 is 9.84 Å². The molecular weight excluding hydrogens is 331 g/mol. The Morgan fingerprint density at radius 3 is 2.67 bits per heavy atom. The van der Waals surface area contributed by atoms with E-state index in [-0.39, 0.29) is 11.4 Å². The SMILES string of the molecule is Cc1ccc(NC(=O)c2c(-c3ccccc3Cl)noc2C)cc1F. The van der Waals surface area contributed by atoms with E-state index in [1.807, 2.05) is 0 Å². The smallest absolute Gasteiger partial charge is 0.261 e. The highest BCUT2D eigenvalue weighted by Crippen LogP contribution is 2.31. The van der Waals surface area contributed by atoms with Crippen molar-refractivity contribution in [3.63, 3.8) is 0 Å². The normalized spacial score (nSPS) is 10.7. The average molecular weight is 345 g/mol. The van der Waals surface area contributed by atoms with E-state index in [9.17, 15) is 9.18 Å². The third kappa shape index (κ3) is 3.03. The number of halogens is 2. The number of anilines is 1. The molecule has 2 aromatic carbocycles. The molecule has 0 spiro atoms. The number of hydrogen-bond donors (Lipinski definition) is 1. The monoisotopic (exact) mass is 344 g/mol. The minimum atomic E-state index is -0.438. The van der Waals surface area contributed by atoms with Crippen LogP contribution in [0.1, 0.15) is 21.7 Å². The summed E-state index contributed by atoms with van der Waals surface area (Å²) in [7, 11) is 0. The number of aryl methyl sites for hydroxylation is 2. The Balaban J connectivity index is 1.97. The van der Waals surface area contributed by atoms with Gasteiger partial charge >= 0.3 is 0 Å². The Bertz CT molecular complexity index is 921. The topological polar surface area (TPSA) is 55.1 Å². The van der Waals surface area contributed by atoms with Crippen molar-refractivity contribution in [3.05, 3.63) is 70.2 Å². The Morgan fingerprint density at radius 2 is 1.96 bits per heavy atom. The molecule has 0 aliphatic heterocycles. The molecule has 0 atom stereocenters. The van der Waals surface area contributed by atoms with Gasteiger partial charge in [-0.2, -0.15) is 0 Å². The van der Waals surface area contributed by atoms with E-state index < -0.39 is 5.91 Å². The maximum atomic E-state index is 13.6. The Labute approximate surface area is 143 Å². The molecular formula is C18H14ClFN2O2. The van der Waals surface area contributed by atoms with Gasteiger partial charge in [0.2, 0.25) is 0 Å². The van der Waals surface area contributed by atoms with Gasteiger partial charge in [-0.25, -0.2) is 4.39 Å². The summed E-state index contributed by atoms with van der Waals surface area (Å²) in [6.07, 6.45) is 0. The third-order valence-electron chi connectivity index (χ3n) is 3.65. The summed E-state index contributed by atoms with van der Waals surface area (Å²) in [6, 6.07) is 11.5. The summed E-state index contributed by atoms with van der Waals surface area (Å²) < 4.78 is 18.8. The highest BCUT2D eigenvalue weighted by molar-refractivity contribution is 6.33. The van der Waals surface area contributed by atoms with Gasteiger partial charge in [-0.1, -0.05) is 41.0 Å². The Kier molecular flexibility index (Phi) is 4.36. The maximum Gasteiger partial charge on any atom is 0.261 e. The molecule has 0 fully saturated rings. The average Bonchev–Trinajstić information content (AvgIpc) is 2.93. The summed E-state index contributed by atoms with van der Waals surface area (Å²) >= 11 is 6.18. The van der Waals surface area contributed by atoms with Crippen LogP contribution in [-0.4, -0.2) is 11.1 Å². The number of nitrogens with zero attached hydrogens (tertiary/aromatic N) is 1. The second-order valence-corrected chi connectivity index (χ2v) is 5.77. The minimum absolute atomic E-state index is 0.268. The molecule has 24 heavy (non-hydrogen) atoms. The number of hydrogen-bond acceptors (Lipinski definition) is 3. The van der Waals surface area contributed by atoms with E-state index in [0.717, 1.165) is 0 Å². The molecule has 0 aliphatic carbocycles. The predicted octanol–water partition coefficient (Wildman–Crippen LogP) is 5.00. The van der Waals surface area contributed by atoms with Crippen LogP contribution in [0.2, 0.25) is 5.02 Å². The summed E-state index contributed by atoms with van der Waals surface area (Å²) in [4.78, 5) is 12.6. The fraction of sp³-hybridized carbons (Fsp3) is 0.111. The molecule has 1 N–H and O–H groups in total. The van der Waals surface area contributed by atoms with Crippen LogP contribution in [0.4, 0.5) is 10.1 Å². The molecule has 3 rings (SSSR count). The summed E-state index contributed by atoms with van der Waals surface area (Å²) in [5.74, 6) is -0.469. The molecule has 0 saturated heterocycles. The Hall–Kier alpha value is -2.66. The van der Waals surface area contributed by atoms with Gasteiger partial charge in [0.15, 0.2) is 0 Å². The first-order chi connectivity index (χ1) is 11.5. The molecule has 3 aromatic rings. The van der Waals surface area contributed by atoms with E-state index in [1.165, 1.54) is 6.07 Å². The summed E-state index contributed by atoms with van der Waals surface area (Å²) in [5.41, 5.74) is 2.07. The van der Waals surface area contributed by atoms with Crippen LogP contribution in [0.15, 0.2) is 47.0 Å². The highest BCUT2D eigenvalue weighted by atomic mass is 35.5. The first-order valence-electron chi connectivity index (χ1n) is 7.26. The fourth-order valence-corrected chi connectivity index (χ4v) is 2.57. The van der Waals surface area contributed by atoms with Gasteiger partial charge in [0.1, 0.15) is 22.8 Å². The van der Waals surface area contributed by atoms with Crippen LogP contribution < -0.4 is 5.32 Å². The highest BCUT2D eigenvalue weighted by Gasteiger charge is 2.23. The van der Waals surface area contributed by atoms with Crippen molar-refractivity contribution < 1.29 is 13.7 Å². The largest absolute Gasteiger partial charge is 0.360 e. The molecule has 1 heterocycles. The predicted molar refractivity (Wildman–Crippen MR) is 90.8 cm³/mol. The molecule has 0 bridgehead atoms. The quantitative estimate of drug-likeness (QED) is 0.727. The number of carbonyl (C=O) groups is 1.